The van der Waals surface area contributed by atoms with Crippen molar-refractivity contribution in [2.24, 2.45) is 5.92 Å². The standard InChI is InChI=1S/C19H26Br2N2O4S/c1-3-4-5-15(18(24)22-19-7-6-12(10-19)11-19)23-28(25,26)17-9-16(27-2)13(20)8-14(17)21/h8-9,12,15,23H,3-7,10-11H2,1-2H3,(H,22,24). The van der Waals surface area contributed by atoms with Crippen LogP contribution < -0.4 is 14.8 Å². The molecule has 28 heavy (non-hydrogen) atoms. The SMILES string of the molecule is CCCCC(NS(=O)(=O)c1cc(OC)c(Br)cc1Br)C(=O)NC12CCC(C1)C2. The fraction of sp³-hybridized carbons (Fsp3) is 0.632. The highest BCUT2D eigenvalue weighted by molar-refractivity contribution is 9.11. The Balaban J connectivity index is 1.80. The number of nitrogens with one attached hydrogen (secondary N) is 2. The van der Waals surface area contributed by atoms with Crippen LogP contribution in [0.3, 0.4) is 0 Å². The van der Waals surface area contributed by atoms with Gasteiger partial charge in [0.05, 0.1) is 16.5 Å². The van der Waals surface area contributed by atoms with Gasteiger partial charge in [0.15, 0.2) is 0 Å². The first-order chi connectivity index (χ1) is 13.2. The molecular weight excluding hydrogens is 512 g/mol. The Labute approximate surface area is 183 Å². The summed E-state index contributed by atoms with van der Waals surface area (Å²) < 4.78 is 35.0. The maximum atomic E-state index is 13.0. The van der Waals surface area contributed by atoms with E-state index in [0.29, 0.717) is 21.1 Å². The van der Waals surface area contributed by atoms with Gasteiger partial charge in [0.2, 0.25) is 15.9 Å². The maximum Gasteiger partial charge on any atom is 0.242 e. The number of fused-ring (bicyclic) bond motifs is 1. The third-order valence-corrected chi connectivity index (χ3v) is 8.78. The molecule has 1 unspecified atom stereocenters. The third kappa shape index (κ3) is 4.57. The Hall–Kier alpha value is -0.640. The van der Waals surface area contributed by atoms with Crippen molar-refractivity contribution < 1.29 is 17.9 Å². The highest BCUT2D eigenvalue weighted by Gasteiger charge is 2.51. The smallest absolute Gasteiger partial charge is 0.242 e. The molecule has 1 aromatic rings. The molecule has 0 aliphatic heterocycles. The molecule has 4 rings (SSSR count). The van der Waals surface area contributed by atoms with E-state index in [0.717, 1.165) is 44.4 Å². The van der Waals surface area contributed by atoms with Crippen molar-refractivity contribution in [1.82, 2.24) is 10.0 Å². The Morgan fingerprint density at radius 2 is 2.04 bits per heavy atom. The maximum absolute atomic E-state index is 13.0. The van der Waals surface area contributed by atoms with Crippen LogP contribution in [0.4, 0.5) is 0 Å². The topological polar surface area (TPSA) is 84.5 Å². The van der Waals surface area contributed by atoms with E-state index in [1.807, 2.05) is 6.92 Å². The molecule has 0 aromatic heterocycles. The van der Waals surface area contributed by atoms with Crippen LogP contribution in [-0.2, 0) is 14.8 Å². The molecule has 1 atom stereocenters. The molecule has 2 N–H and O–H groups in total. The lowest BCUT2D eigenvalue weighted by atomic mass is 9.77. The number of rotatable bonds is 9. The van der Waals surface area contributed by atoms with Gasteiger partial charge < -0.3 is 10.1 Å². The Bertz CT molecular complexity index is 848. The summed E-state index contributed by atoms with van der Waals surface area (Å²) in [6, 6.07) is 2.28. The number of benzene rings is 1. The van der Waals surface area contributed by atoms with E-state index in [1.54, 1.807) is 6.07 Å². The Morgan fingerprint density at radius 1 is 1.32 bits per heavy atom. The Kier molecular flexibility index (Phi) is 6.79. The van der Waals surface area contributed by atoms with Crippen molar-refractivity contribution in [3.8, 4) is 5.75 Å². The molecular formula is C19H26Br2N2O4S. The van der Waals surface area contributed by atoms with Gasteiger partial charge in [0.25, 0.3) is 0 Å². The van der Waals surface area contributed by atoms with Gasteiger partial charge >= 0.3 is 0 Å². The third-order valence-electron chi connectivity index (χ3n) is 5.73. The van der Waals surface area contributed by atoms with Crippen molar-refractivity contribution in [3.05, 3.63) is 21.1 Å². The van der Waals surface area contributed by atoms with Crippen LogP contribution >= 0.6 is 31.9 Å². The number of carbonyl (C=O) groups excluding carboxylic acids is 1. The molecule has 156 valence electrons. The second-order valence-electron chi connectivity index (χ2n) is 7.82. The summed E-state index contributed by atoms with van der Waals surface area (Å²) in [6.45, 7) is 2.02. The van der Waals surface area contributed by atoms with Gasteiger partial charge in [0.1, 0.15) is 11.8 Å². The number of carbonyl (C=O) groups is 1. The van der Waals surface area contributed by atoms with Gasteiger partial charge in [-0.2, -0.15) is 4.72 Å². The lowest BCUT2D eigenvalue weighted by molar-refractivity contribution is -0.125. The fourth-order valence-electron chi connectivity index (χ4n) is 4.22. The normalized spacial score (nSPS) is 24.5. The van der Waals surface area contributed by atoms with Gasteiger partial charge in [-0.1, -0.05) is 19.8 Å². The zero-order valence-corrected chi connectivity index (χ0v) is 20.0. The average Bonchev–Trinajstić information content (AvgIpc) is 3.18. The van der Waals surface area contributed by atoms with Crippen LogP contribution in [0, 0.1) is 5.92 Å². The highest BCUT2D eigenvalue weighted by atomic mass is 79.9. The molecule has 3 aliphatic rings. The first kappa shape index (κ1) is 22.1. The average molecular weight is 538 g/mol. The van der Waals surface area contributed by atoms with Crippen LogP contribution in [0.25, 0.3) is 0 Å². The molecule has 1 aromatic carbocycles. The molecule has 0 spiro atoms. The summed E-state index contributed by atoms with van der Waals surface area (Å²) in [5.74, 6) is 0.901. The van der Waals surface area contributed by atoms with E-state index >= 15 is 0 Å². The van der Waals surface area contributed by atoms with Crippen molar-refractivity contribution >= 4 is 47.8 Å². The van der Waals surface area contributed by atoms with Crippen LogP contribution in [0.5, 0.6) is 5.75 Å². The van der Waals surface area contributed by atoms with E-state index in [1.165, 1.54) is 13.2 Å². The summed E-state index contributed by atoms with van der Waals surface area (Å²) >= 11 is 6.65. The first-order valence-electron chi connectivity index (χ1n) is 9.57. The van der Waals surface area contributed by atoms with E-state index < -0.39 is 16.1 Å². The zero-order valence-electron chi connectivity index (χ0n) is 16.1. The first-order valence-corrected chi connectivity index (χ1v) is 12.6. The number of amides is 1. The molecule has 0 radical (unpaired) electrons. The monoisotopic (exact) mass is 536 g/mol. The predicted molar refractivity (Wildman–Crippen MR) is 115 cm³/mol. The summed E-state index contributed by atoms with van der Waals surface area (Å²) in [4.78, 5) is 13.0. The zero-order chi connectivity index (χ0) is 20.5. The second-order valence-corrected chi connectivity index (χ2v) is 11.2. The largest absolute Gasteiger partial charge is 0.496 e. The number of methoxy groups -OCH3 is 1. The van der Waals surface area contributed by atoms with Crippen LogP contribution in [-0.4, -0.2) is 33.0 Å². The van der Waals surface area contributed by atoms with Gasteiger partial charge in [0, 0.05) is 16.1 Å². The summed E-state index contributed by atoms with van der Waals surface area (Å²) in [5, 5.41) is 3.14. The Morgan fingerprint density at radius 3 is 2.61 bits per heavy atom. The van der Waals surface area contributed by atoms with E-state index in [2.05, 4.69) is 41.9 Å². The van der Waals surface area contributed by atoms with Crippen LogP contribution in [0.15, 0.2) is 26.0 Å². The van der Waals surface area contributed by atoms with Crippen molar-refractivity contribution in [2.45, 2.75) is 68.3 Å². The number of sulfonamides is 1. The number of hydrogen-bond acceptors (Lipinski definition) is 4. The van der Waals surface area contributed by atoms with Gasteiger partial charge in [-0.25, -0.2) is 8.42 Å². The molecule has 2 bridgehead atoms. The highest BCUT2D eigenvalue weighted by Crippen LogP contribution is 2.51. The summed E-state index contributed by atoms with van der Waals surface area (Å²) in [5.41, 5.74) is -0.112. The second kappa shape index (κ2) is 8.62. The number of hydrogen-bond donors (Lipinski definition) is 2. The minimum Gasteiger partial charge on any atom is -0.496 e. The molecule has 3 aliphatic carbocycles. The minimum atomic E-state index is -3.91. The summed E-state index contributed by atoms with van der Waals surface area (Å²) in [7, 11) is -2.44. The molecule has 3 saturated carbocycles. The number of unbranched alkanes of at least 4 members (excludes halogenated alkanes) is 1. The van der Waals surface area contributed by atoms with Crippen molar-refractivity contribution in [1.29, 1.82) is 0 Å². The molecule has 1 amide bonds. The summed E-state index contributed by atoms with van der Waals surface area (Å²) in [6.07, 6.45) is 6.29. The van der Waals surface area contributed by atoms with Crippen molar-refractivity contribution in [3.63, 3.8) is 0 Å². The van der Waals surface area contributed by atoms with Crippen molar-refractivity contribution in [2.75, 3.05) is 7.11 Å². The lowest BCUT2D eigenvalue weighted by Crippen LogP contribution is -2.57. The number of halogens is 2. The molecule has 0 saturated heterocycles. The van der Waals surface area contributed by atoms with Crippen LogP contribution in [0.2, 0.25) is 0 Å². The molecule has 3 fully saturated rings. The van der Waals surface area contributed by atoms with E-state index in [-0.39, 0.29) is 16.3 Å². The van der Waals surface area contributed by atoms with Crippen LogP contribution in [0.1, 0.15) is 51.9 Å². The molecule has 0 heterocycles. The van der Waals surface area contributed by atoms with Gasteiger partial charge in [-0.3, -0.25) is 4.79 Å². The quantitative estimate of drug-likeness (QED) is 0.496. The molecule has 6 nitrogen and oxygen atoms in total. The predicted octanol–water partition coefficient (Wildman–Crippen LogP) is 4.12. The molecule has 9 heteroatoms. The van der Waals surface area contributed by atoms with Gasteiger partial charge in [-0.05, 0) is 75.9 Å². The minimum absolute atomic E-state index is 0.0459. The van der Waals surface area contributed by atoms with E-state index in [4.69, 9.17) is 4.74 Å². The number of ether oxygens (including phenoxy) is 1. The lowest BCUT2D eigenvalue weighted by Gasteiger charge is -2.40. The fourth-order valence-corrected chi connectivity index (χ4v) is 7.32. The van der Waals surface area contributed by atoms with E-state index in [9.17, 15) is 13.2 Å². The van der Waals surface area contributed by atoms with Gasteiger partial charge in [-0.15, -0.1) is 0 Å².